The van der Waals surface area contributed by atoms with Crippen molar-refractivity contribution in [2.24, 2.45) is 5.73 Å². The molecule has 2 N–H and O–H groups in total. The third kappa shape index (κ3) is 4.11. The van der Waals surface area contributed by atoms with E-state index in [0.29, 0.717) is 22.2 Å². The van der Waals surface area contributed by atoms with Gasteiger partial charge in [0, 0.05) is 15.7 Å². The van der Waals surface area contributed by atoms with E-state index in [0.717, 1.165) is 17.3 Å². The first-order valence-electron chi connectivity index (χ1n) is 7.85. The summed E-state index contributed by atoms with van der Waals surface area (Å²) in [4.78, 5) is 26.1. The maximum atomic E-state index is 13.1. The van der Waals surface area contributed by atoms with E-state index >= 15 is 0 Å². The van der Waals surface area contributed by atoms with Gasteiger partial charge in [-0.25, -0.2) is 0 Å². The first kappa shape index (κ1) is 19.3. The van der Waals surface area contributed by atoms with Crippen LogP contribution < -0.4 is 10.6 Å². The number of amides is 2. The molecule has 2 aromatic carbocycles. The van der Waals surface area contributed by atoms with Crippen molar-refractivity contribution < 1.29 is 9.59 Å². The second-order valence-electron chi connectivity index (χ2n) is 5.75. The van der Waals surface area contributed by atoms with Crippen LogP contribution in [0.2, 0.25) is 10.0 Å². The number of nitriles is 1. The lowest BCUT2D eigenvalue weighted by molar-refractivity contribution is -0.117. The Morgan fingerprint density at radius 1 is 1.19 bits per heavy atom. The fourth-order valence-corrected chi connectivity index (χ4v) is 4.36. The van der Waals surface area contributed by atoms with Gasteiger partial charge in [-0.15, -0.1) is 0 Å². The van der Waals surface area contributed by atoms with Crippen LogP contribution in [0.25, 0.3) is 0 Å². The zero-order valence-electron chi connectivity index (χ0n) is 13.9. The van der Waals surface area contributed by atoms with E-state index in [2.05, 4.69) is 0 Å². The highest BCUT2D eigenvalue weighted by molar-refractivity contribution is 8.05. The molecule has 0 aromatic heterocycles. The first-order chi connectivity index (χ1) is 12.9. The minimum Gasteiger partial charge on any atom is -0.365 e. The van der Waals surface area contributed by atoms with Crippen LogP contribution in [-0.4, -0.2) is 17.1 Å². The summed E-state index contributed by atoms with van der Waals surface area (Å²) < 4.78 is 0. The molecule has 2 amide bonds. The summed E-state index contributed by atoms with van der Waals surface area (Å²) >= 11 is 13.1. The SMILES string of the molecule is N#C/C(C(N)=O)=C1/S[C@H](Cc2cccc(Cl)c2)C(=O)N1c1ccc(Cl)cc1. The summed E-state index contributed by atoms with van der Waals surface area (Å²) in [6.45, 7) is 0. The van der Waals surface area contributed by atoms with E-state index in [-0.39, 0.29) is 16.5 Å². The highest BCUT2D eigenvalue weighted by Crippen LogP contribution is 2.42. The molecule has 1 aliphatic rings. The highest BCUT2D eigenvalue weighted by Gasteiger charge is 2.40. The van der Waals surface area contributed by atoms with Crippen molar-refractivity contribution in [3.05, 3.63) is 74.7 Å². The minimum absolute atomic E-state index is 0.226. The van der Waals surface area contributed by atoms with Gasteiger partial charge in [0.15, 0.2) is 0 Å². The molecule has 0 saturated carbocycles. The summed E-state index contributed by atoms with van der Waals surface area (Å²) in [5.74, 6) is -1.12. The Bertz CT molecular complexity index is 983. The van der Waals surface area contributed by atoms with E-state index in [9.17, 15) is 14.9 Å². The number of rotatable bonds is 4. The van der Waals surface area contributed by atoms with Gasteiger partial charge in [0.25, 0.3) is 5.91 Å². The van der Waals surface area contributed by atoms with Crippen LogP contribution in [0.1, 0.15) is 5.56 Å². The van der Waals surface area contributed by atoms with Gasteiger partial charge >= 0.3 is 0 Å². The van der Waals surface area contributed by atoms with Crippen LogP contribution in [-0.2, 0) is 16.0 Å². The van der Waals surface area contributed by atoms with E-state index < -0.39 is 11.2 Å². The van der Waals surface area contributed by atoms with Crippen molar-refractivity contribution in [1.29, 1.82) is 5.26 Å². The van der Waals surface area contributed by atoms with Crippen LogP contribution in [0, 0.1) is 11.3 Å². The molecular weight excluding hydrogens is 405 g/mol. The van der Waals surface area contributed by atoms with Crippen molar-refractivity contribution in [3.63, 3.8) is 0 Å². The van der Waals surface area contributed by atoms with Crippen molar-refractivity contribution in [3.8, 4) is 6.07 Å². The molecule has 3 rings (SSSR count). The first-order valence-corrected chi connectivity index (χ1v) is 9.49. The van der Waals surface area contributed by atoms with E-state index in [1.807, 2.05) is 12.1 Å². The second kappa shape index (κ2) is 8.05. The molecule has 136 valence electrons. The molecule has 1 aliphatic heterocycles. The van der Waals surface area contributed by atoms with E-state index in [1.54, 1.807) is 42.5 Å². The quantitative estimate of drug-likeness (QED) is 0.603. The van der Waals surface area contributed by atoms with Crippen LogP contribution in [0.4, 0.5) is 5.69 Å². The number of halogens is 2. The maximum absolute atomic E-state index is 13.1. The van der Waals surface area contributed by atoms with Crippen LogP contribution in [0.5, 0.6) is 0 Å². The highest BCUT2D eigenvalue weighted by atomic mass is 35.5. The Hall–Kier alpha value is -2.46. The van der Waals surface area contributed by atoms with E-state index in [1.165, 1.54) is 4.90 Å². The van der Waals surface area contributed by atoms with Gasteiger partial charge in [0.05, 0.1) is 5.25 Å². The lowest BCUT2D eigenvalue weighted by Crippen LogP contribution is -2.31. The fraction of sp³-hybridized carbons (Fsp3) is 0.105. The molecular formula is C19H13Cl2N3O2S. The molecule has 1 heterocycles. The van der Waals surface area contributed by atoms with Crippen LogP contribution in [0.3, 0.4) is 0 Å². The Balaban J connectivity index is 2.03. The summed E-state index contributed by atoms with van der Waals surface area (Å²) in [7, 11) is 0. The lowest BCUT2D eigenvalue weighted by Gasteiger charge is -2.18. The number of carbonyl (C=O) groups is 2. The lowest BCUT2D eigenvalue weighted by atomic mass is 10.1. The van der Waals surface area contributed by atoms with Gasteiger partial charge < -0.3 is 5.73 Å². The Morgan fingerprint density at radius 2 is 1.89 bits per heavy atom. The molecule has 0 radical (unpaired) electrons. The minimum atomic E-state index is -0.879. The van der Waals surface area contributed by atoms with Crippen molar-refractivity contribution in [2.75, 3.05) is 4.90 Å². The monoisotopic (exact) mass is 417 g/mol. The summed E-state index contributed by atoms with van der Waals surface area (Å²) in [5, 5.41) is 10.2. The zero-order valence-corrected chi connectivity index (χ0v) is 16.2. The number of benzene rings is 2. The molecule has 2 aromatic rings. The molecule has 1 saturated heterocycles. The largest absolute Gasteiger partial charge is 0.365 e. The summed E-state index contributed by atoms with van der Waals surface area (Å²) in [6, 6.07) is 15.6. The van der Waals surface area contributed by atoms with Gasteiger partial charge in [0.2, 0.25) is 5.91 Å². The standard InChI is InChI=1S/C19H13Cl2N3O2S/c20-12-4-6-14(7-5-12)24-18(26)16(9-11-2-1-3-13(21)8-11)27-19(24)15(10-22)17(23)25/h1-8,16H,9H2,(H2,23,25)/b19-15-/t16-/m1/s1. The smallest absolute Gasteiger partial charge is 0.262 e. The average molecular weight is 418 g/mol. The number of nitrogens with two attached hydrogens (primary N) is 1. The predicted molar refractivity (Wildman–Crippen MR) is 107 cm³/mol. The number of primary amides is 1. The number of nitrogens with zero attached hydrogens (tertiary/aromatic N) is 2. The topological polar surface area (TPSA) is 87.2 Å². The maximum Gasteiger partial charge on any atom is 0.262 e. The Labute approximate surface area is 170 Å². The van der Waals surface area contributed by atoms with Crippen molar-refractivity contribution >= 4 is 52.5 Å². The normalized spacial score (nSPS) is 18.3. The number of thioether (sulfide) groups is 1. The zero-order chi connectivity index (χ0) is 19.6. The summed E-state index contributed by atoms with van der Waals surface area (Å²) in [6.07, 6.45) is 0.398. The number of anilines is 1. The molecule has 0 unspecified atom stereocenters. The molecule has 0 bridgehead atoms. The van der Waals surface area contributed by atoms with Gasteiger partial charge in [-0.05, 0) is 48.4 Å². The van der Waals surface area contributed by atoms with Gasteiger partial charge in [-0.2, -0.15) is 5.26 Å². The van der Waals surface area contributed by atoms with Crippen molar-refractivity contribution in [1.82, 2.24) is 0 Å². The van der Waals surface area contributed by atoms with E-state index in [4.69, 9.17) is 28.9 Å². The molecule has 0 spiro atoms. The van der Waals surface area contributed by atoms with Gasteiger partial charge in [-0.3, -0.25) is 14.5 Å². The third-order valence-corrected chi connectivity index (χ3v) is 5.67. The average Bonchev–Trinajstić information content (AvgIpc) is 2.92. The molecule has 1 atom stereocenters. The number of hydrogen-bond donors (Lipinski definition) is 1. The van der Waals surface area contributed by atoms with Crippen LogP contribution in [0.15, 0.2) is 59.1 Å². The predicted octanol–water partition coefficient (Wildman–Crippen LogP) is 3.90. The van der Waals surface area contributed by atoms with Crippen molar-refractivity contribution in [2.45, 2.75) is 11.7 Å². The fourth-order valence-electron chi connectivity index (χ4n) is 2.70. The third-order valence-electron chi connectivity index (χ3n) is 3.92. The number of hydrogen-bond acceptors (Lipinski definition) is 4. The van der Waals surface area contributed by atoms with Crippen LogP contribution >= 0.6 is 35.0 Å². The molecule has 1 fully saturated rings. The molecule has 0 aliphatic carbocycles. The molecule has 5 nitrogen and oxygen atoms in total. The molecule has 8 heteroatoms. The number of carbonyl (C=O) groups excluding carboxylic acids is 2. The van der Waals surface area contributed by atoms with Gasteiger partial charge in [0.1, 0.15) is 16.7 Å². The Morgan fingerprint density at radius 3 is 2.48 bits per heavy atom. The molecule has 27 heavy (non-hydrogen) atoms. The summed E-state index contributed by atoms with van der Waals surface area (Å²) in [5.41, 5.74) is 6.48. The second-order valence-corrected chi connectivity index (χ2v) is 7.81. The Kier molecular flexibility index (Phi) is 5.76. The van der Waals surface area contributed by atoms with Gasteiger partial charge in [-0.1, -0.05) is 47.1 Å².